The molecule has 218 valence electrons. The van der Waals surface area contributed by atoms with Gasteiger partial charge in [-0.1, -0.05) is 61.2 Å². The number of anilines is 1. The average molecular weight is 604 g/mol. The molecule has 1 N–H and O–H groups in total. The molecular weight excluding hydrogens is 579 g/mol. The Morgan fingerprint density at radius 3 is 2.58 bits per heavy atom. The van der Waals surface area contributed by atoms with Crippen LogP contribution in [0.4, 0.5) is 23.7 Å². The second-order valence-electron chi connectivity index (χ2n) is 9.13. The first-order valence-electron chi connectivity index (χ1n) is 13.1. The number of carbonyl (C=O) groups is 1. The molecule has 13 heteroatoms. The van der Waals surface area contributed by atoms with E-state index in [0.717, 1.165) is 24.4 Å². The molecule has 1 fully saturated rings. The van der Waals surface area contributed by atoms with Gasteiger partial charge in [0.1, 0.15) is 18.1 Å². The van der Waals surface area contributed by atoms with E-state index in [0.29, 0.717) is 27.8 Å². The minimum atomic E-state index is -4.77. The standard InChI is InChI=1S/C30H24F3N7O2S/c1-2-20-5-3-4-6-26(20)39-15-16-43-29(39)37-28(41)35-18-23(17-34)21-7-9-22(10-8-21)27-36-19-40(38-27)24-11-13-25(14-12-24)42-30(31,32)33/h3-14,18-19H,2,15-16H2,1H3,(H,35,41)/b23-18+,37-29?. The molecule has 3 aromatic carbocycles. The Morgan fingerprint density at radius 2 is 1.88 bits per heavy atom. The highest BCUT2D eigenvalue weighted by Crippen LogP contribution is 2.29. The number of halogens is 3. The van der Waals surface area contributed by atoms with Crippen molar-refractivity contribution in [2.24, 2.45) is 4.99 Å². The van der Waals surface area contributed by atoms with Crippen molar-refractivity contribution in [3.63, 3.8) is 0 Å². The number of aryl methyl sites for hydroxylation is 1. The molecule has 0 spiro atoms. The maximum atomic E-state index is 12.7. The molecule has 0 saturated carbocycles. The molecule has 0 bridgehead atoms. The minimum absolute atomic E-state index is 0.229. The van der Waals surface area contributed by atoms with Crippen LogP contribution in [0.2, 0.25) is 0 Å². The molecule has 1 aliphatic rings. The van der Waals surface area contributed by atoms with Crippen LogP contribution in [0.3, 0.4) is 0 Å². The number of aliphatic imine (C=N–C) groups is 1. The molecule has 0 radical (unpaired) electrons. The van der Waals surface area contributed by atoms with Gasteiger partial charge < -0.3 is 15.0 Å². The number of rotatable bonds is 7. The van der Waals surface area contributed by atoms with E-state index in [9.17, 15) is 23.2 Å². The van der Waals surface area contributed by atoms with Crippen LogP contribution in [0.5, 0.6) is 5.75 Å². The summed E-state index contributed by atoms with van der Waals surface area (Å²) in [7, 11) is 0. The number of benzene rings is 3. The van der Waals surface area contributed by atoms with Crippen LogP contribution < -0.4 is 15.0 Å². The summed E-state index contributed by atoms with van der Waals surface area (Å²) >= 11 is 1.50. The zero-order chi connectivity index (χ0) is 30.4. The number of allylic oxidation sites excluding steroid dienone is 1. The summed E-state index contributed by atoms with van der Waals surface area (Å²) in [6.45, 7) is 2.83. The van der Waals surface area contributed by atoms with Gasteiger partial charge in [-0.3, -0.25) is 0 Å². The maximum absolute atomic E-state index is 12.7. The number of nitrogens with one attached hydrogen (secondary N) is 1. The van der Waals surface area contributed by atoms with Crippen LogP contribution in [0.15, 0.2) is 90.3 Å². The lowest BCUT2D eigenvalue weighted by Crippen LogP contribution is -2.27. The van der Waals surface area contributed by atoms with Gasteiger partial charge in [-0.2, -0.15) is 10.3 Å². The molecule has 1 saturated heterocycles. The summed E-state index contributed by atoms with van der Waals surface area (Å²) in [5, 5.41) is 17.3. The Balaban J connectivity index is 1.25. The van der Waals surface area contributed by atoms with Crippen molar-refractivity contribution in [1.82, 2.24) is 20.1 Å². The summed E-state index contributed by atoms with van der Waals surface area (Å²) < 4.78 is 42.5. The lowest BCUT2D eigenvalue weighted by molar-refractivity contribution is -0.274. The third-order valence-corrected chi connectivity index (χ3v) is 7.34. The fraction of sp³-hybridized carbons (Fsp3) is 0.167. The van der Waals surface area contributed by atoms with Gasteiger partial charge in [-0.15, -0.1) is 18.3 Å². The summed E-state index contributed by atoms with van der Waals surface area (Å²) in [6.07, 6.45) is -1.15. The predicted molar refractivity (Wildman–Crippen MR) is 159 cm³/mol. The van der Waals surface area contributed by atoms with Gasteiger partial charge >= 0.3 is 12.4 Å². The first kappa shape index (κ1) is 29.4. The highest BCUT2D eigenvalue weighted by Gasteiger charge is 2.31. The summed E-state index contributed by atoms with van der Waals surface area (Å²) in [5.74, 6) is 0.845. The molecule has 4 aromatic rings. The number of amidine groups is 1. The maximum Gasteiger partial charge on any atom is 0.573 e. The van der Waals surface area contributed by atoms with Crippen molar-refractivity contribution in [3.05, 3.63) is 96.5 Å². The van der Waals surface area contributed by atoms with Gasteiger partial charge in [-0.05, 0) is 47.9 Å². The lowest BCUT2D eigenvalue weighted by Gasteiger charge is -2.20. The van der Waals surface area contributed by atoms with E-state index >= 15 is 0 Å². The van der Waals surface area contributed by atoms with Crippen molar-refractivity contribution in [3.8, 4) is 28.9 Å². The topological polar surface area (TPSA) is 108 Å². The van der Waals surface area contributed by atoms with E-state index in [2.05, 4.69) is 44.2 Å². The molecule has 0 atom stereocenters. The zero-order valence-corrected chi connectivity index (χ0v) is 23.6. The van der Waals surface area contributed by atoms with Crippen LogP contribution in [0, 0.1) is 11.3 Å². The quantitative estimate of drug-likeness (QED) is 0.238. The van der Waals surface area contributed by atoms with Crippen molar-refractivity contribution < 1.29 is 22.7 Å². The van der Waals surface area contributed by atoms with E-state index in [1.54, 1.807) is 24.3 Å². The second-order valence-corrected chi connectivity index (χ2v) is 10.2. The number of carbonyl (C=O) groups excluding carboxylic acids is 1. The molecule has 2 amide bonds. The number of para-hydroxylation sites is 1. The Hall–Kier alpha value is -5.09. The Labute approximate surface area is 249 Å². The first-order valence-corrected chi connectivity index (χ1v) is 14.1. The number of nitrogens with zero attached hydrogens (tertiary/aromatic N) is 6. The molecule has 43 heavy (non-hydrogen) atoms. The monoisotopic (exact) mass is 603 g/mol. The molecule has 1 aromatic heterocycles. The molecule has 0 aliphatic carbocycles. The largest absolute Gasteiger partial charge is 0.573 e. The van der Waals surface area contributed by atoms with Gasteiger partial charge in [-0.25, -0.2) is 14.5 Å². The summed E-state index contributed by atoms with van der Waals surface area (Å²) in [6, 6.07) is 21.6. The average Bonchev–Trinajstić information content (AvgIpc) is 3.68. The van der Waals surface area contributed by atoms with Gasteiger partial charge in [0.15, 0.2) is 11.0 Å². The van der Waals surface area contributed by atoms with Crippen LogP contribution in [0.25, 0.3) is 22.6 Å². The van der Waals surface area contributed by atoms with E-state index in [-0.39, 0.29) is 11.3 Å². The van der Waals surface area contributed by atoms with E-state index in [1.807, 2.05) is 23.1 Å². The zero-order valence-electron chi connectivity index (χ0n) is 22.7. The van der Waals surface area contributed by atoms with Crippen molar-refractivity contribution >= 4 is 34.2 Å². The normalized spacial score (nSPS) is 14.5. The molecule has 5 rings (SSSR count). The van der Waals surface area contributed by atoms with Crippen LogP contribution in [0.1, 0.15) is 18.1 Å². The summed E-state index contributed by atoms with van der Waals surface area (Å²) in [4.78, 5) is 23.2. The third kappa shape index (κ3) is 7.22. The molecule has 2 heterocycles. The predicted octanol–water partition coefficient (Wildman–Crippen LogP) is 6.58. The fourth-order valence-electron chi connectivity index (χ4n) is 4.34. The first-order chi connectivity index (χ1) is 20.7. The van der Waals surface area contributed by atoms with E-state index in [4.69, 9.17) is 0 Å². The number of hydrogen-bond donors (Lipinski definition) is 1. The Morgan fingerprint density at radius 1 is 1.14 bits per heavy atom. The Kier molecular flexibility index (Phi) is 8.77. The SMILES string of the molecule is CCc1ccccc1N1CCSC1=NC(=O)N/C=C(\C#N)c1ccc(-c2ncn(-c3ccc(OC(F)(F)F)cc3)n2)cc1. The third-order valence-electron chi connectivity index (χ3n) is 6.38. The van der Waals surface area contributed by atoms with Crippen molar-refractivity contribution in [2.45, 2.75) is 19.7 Å². The number of alkyl halides is 3. The highest BCUT2D eigenvalue weighted by atomic mass is 32.2. The summed E-state index contributed by atoms with van der Waals surface area (Å²) in [5.41, 5.74) is 4.14. The smallest absolute Gasteiger partial charge is 0.406 e. The number of urea groups is 1. The molecule has 9 nitrogen and oxygen atoms in total. The fourth-order valence-corrected chi connectivity index (χ4v) is 5.29. The Bertz CT molecular complexity index is 1710. The molecular formula is C30H24F3N7O2S. The van der Waals surface area contributed by atoms with Crippen molar-refractivity contribution in [2.75, 3.05) is 17.2 Å². The van der Waals surface area contributed by atoms with Gasteiger partial charge in [0, 0.05) is 29.7 Å². The number of ether oxygens (including phenoxy) is 1. The van der Waals surface area contributed by atoms with E-state index < -0.39 is 12.4 Å². The second kappa shape index (κ2) is 12.8. The number of hydrogen-bond acceptors (Lipinski definition) is 6. The highest BCUT2D eigenvalue weighted by molar-refractivity contribution is 8.14. The molecule has 0 unspecified atom stereocenters. The lowest BCUT2D eigenvalue weighted by atomic mass is 10.1. The number of amides is 2. The number of thioether (sulfide) groups is 1. The van der Waals surface area contributed by atoms with E-state index in [1.165, 1.54) is 58.8 Å². The van der Waals surface area contributed by atoms with Gasteiger partial charge in [0.05, 0.1) is 11.3 Å². The van der Waals surface area contributed by atoms with Crippen LogP contribution in [-0.4, -0.2) is 44.6 Å². The van der Waals surface area contributed by atoms with Crippen LogP contribution in [-0.2, 0) is 6.42 Å². The number of nitriles is 1. The van der Waals surface area contributed by atoms with Gasteiger partial charge in [0.2, 0.25) is 0 Å². The van der Waals surface area contributed by atoms with Crippen molar-refractivity contribution in [1.29, 1.82) is 5.26 Å². The minimum Gasteiger partial charge on any atom is -0.406 e. The molecule has 1 aliphatic heterocycles. The van der Waals surface area contributed by atoms with Gasteiger partial charge in [0.25, 0.3) is 0 Å². The number of aromatic nitrogens is 3. The van der Waals surface area contributed by atoms with Crippen LogP contribution >= 0.6 is 11.8 Å².